The lowest BCUT2D eigenvalue weighted by Crippen LogP contribution is -2.18. The summed E-state index contributed by atoms with van der Waals surface area (Å²) in [7, 11) is 0. The molecule has 92 valence electrons. The van der Waals surface area contributed by atoms with E-state index in [1.807, 2.05) is 0 Å². The van der Waals surface area contributed by atoms with E-state index in [2.05, 4.69) is 69.0 Å². The average Bonchev–Trinajstić information content (AvgIpc) is 2.28. The van der Waals surface area contributed by atoms with Crippen LogP contribution in [0.15, 0.2) is 29.3 Å². The molecule has 0 radical (unpaired) electrons. The Balaban J connectivity index is 3.14. The van der Waals surface area contributed by atoms with Gasteiger partial charge in [-0.3, -0.25) is 0 Å². The van der Waals surface area contributed by atoms with Crippen LogP contribution in [0.4, 0.5) is 0 Å². The molecule has 0 fully saturated rings. The molecular formula is C15H21NS. The van der Waals surface area contributed by atoms with E-state index in [1.165, 1.54) is 11.1 Å². The molecule has 0 saturated carbocycles. The molecule has 1 rings (SSSR count). The SMILES string of the molecule is CCC(C)(N=C=S)c1ccc(C(C)(C)C)cc1. The number of hydrogen-bond acceptors (Lipinski definition) is 2. The molecule has 0 aliphatic rings. The Labute approximate surface area is 110 Å². The molecule has 0 N–H and O–H groups in total. The van der Waals surface area contributed by atoms with Crippen molar-refractivity contribution in [2.24, 2.45) is 4.99 Å². The molecular weight excluding hydrogens is 226 g/mol. The van der Waals surface area contributed by atoms with Gasteiger partial charge in [0.05, 0.1) is 10.7 Å². The highest BCUT2D eigenvalue weighted by Gasteiger charge is 2.23. The van der Waals surface area contributed by atoms with Gasteiger partial charge in [0.2, 0.25) is 0 Å². The Morgan fingerprint density at radius 2 is 1.53 bits per heavy atom. The first kappa shape index (κ1) is 14.1. The molecule has 17 heavy (non-hydrogen) atoms. The van der Waals surface area contributed by atoms with Crippen molar-refractivity contribution in [1.82, 2.24) is 0 Å². The van der Waals surface area contributed by atoms with Gasteiger partial charge in [-0.05, 0) is 42.1 Å². The Morgan fingerprint density at radius 3 is 1.88 bits per heavy atom. The van der Waals surface area contributed by atoms with Crippen molar-refractivity contribution in [2.75, 3.05) is 0 Å². The van der Waals surface area contributed by atoms with E-state index >= 15 is 0 Å². The van der Waals surface area contributed by atoms with Crippen molar-refractivity contribution in [3.8, 4) is 0 Å². The zero-order chi connectivity index (χ0) is 13.1. The van der Waals surface area contributed by atoms with Crippen molar-refractivity contribution in [1.29, 1.82) is 0 Å². The van der Waals surface area contributed by atoms with E-state index in [0.717, 1.165) is 6.42 Å². The predicted octanol–water partition coefficient (Wildman–Crippen LogP) is 4.71. The lowest BCUT2D eigenvalue weighted by molar-refractivity contribution is 0.482. The summed E-state index contributed by atoms with van der Waals surface area (Å²) >= 11 is 4.73. The summed E-state index contributed by atoms with van der Waals surface area (Å²) in [5, 5.41) is 2.51. The van der Waals surface area contributed by atoms with Gasteiger partial charge < -0.3 is 0 Å². The fraction of sp³-hybridized carbons (Fsp3) is 0.533. The van der Waals surface area contributed by atoms with Gasteiger partial charge >= 0.3 is 0 Å². The molecule has 0 aliphatic heterocycles. The van der Waals surface area contributed by atoms with Gasteiger partial charge in [-0.25, -0.2) is 4.99 Å². The van der Waals surface area contributed by atoms with E-state index in [-0.39, 0.29) is 11.0 Å². The molecule has 0 aromatic heterocycles. The second-order valence-electron chi connectivity index (χ2n) is 5.66. The third kappa shape index (κ3) is 3.24. The molecule has 1 unspecified atom stereocenters. The molecule has 1 nitrogen and oxygen atoms in total. The van der Waals surface area contributed by atoms with Gasteiger partial charge in [0.15, 0.2) is 0 Å². The number of nitrogens with zero attached hydrogens (tertiary/aromatic N) is 1. The van der Waals surface area contributed by atoms with Crippen molar-refractivity contribution < 1.29 is 0 Å². The summed E-state index contributed by atoms with van der Waals surface area (Å²) in [5.41, 5.74) is 2.49. The van der Waals surface area contributed by atoms with Gasteiger partial charge in [-0.15, -0.1) is 0 Å². The maximum absolute atomic E-state index is 4.73. The maximum Gasteiger partial charge on any atom is 0.0928 e. The van der Waals surface area contributed by atoms with Gasteiger partial charge in [0, 0.05) is 0 Å². The summed E-state index contributed by atoms with van der Waals surface area (Å²) in [6.45, 7) is 10.9. The summed E-state index contributed by atoms with van der Waals surface area (Å²) in [6.07, 6.45) is 0.922. The second kappa shape index (κ2) is 5.12. The topological polar surface area (TPSA) is 12.4 Å². The Hall–Kier alpha value is -0.980. The number of thiocarbonyl (C=S) groups is 1. The lowest BCUT2D eigenvalue weighted by Gasteiger charge is -2.25. The Morgan fingerprint density at radius 1 is 1.06 bits per heavy atom. The summed E-state index contributed by atoms with van der Waals surface area (Å²) in [6, 6.07) is 8.67. The van der Waals surface area contributed by atoms with Gasteiger partial charge in [-0.1, -0.05) is 52.0 Å². The van der Waals surface area contributed by atoms with Gasteiger partial charge in [0.25, 0.3) is 0 Å². The predicted molar refractivity (Wildman–Crippen MR) is 77.8 cm³/mol. The average molecular weight is 247 g/mol. The summed E-state index contributed by atoms with van der Waals surface area (Å²) in [5.74, 6) is 0. The van der Waals surface area contributed by atoms with E-state index in [9.17, 15) is 0 Å². The van der Waals surface area contributed by atoms with Crippen LogP contribution in [0.1, 0.15) is 52.2 Å². The van der Waals surface area contributed by atoms with Crippen LogP contribution in [0.25, 0.3) is 0 Å². The minimum Gasteiger partial charge on any atom is -0.221 e. The van der Waals surface area contributed by atoms with E-state index in [4.69, 9.17) is 12.2 Å². The van der Waals surface area contributed by atoms with Crippen LogP contribution in [0.5, 0.6) is 0 Å². The number of benzene rings is 1. The Bertz CT molecular complexity index is 421. The molecule has 0 aliphatic carbocycles. The molecule has 1 aromatic rings. The van der Waals surface area contributed by atoms with E-state index in [1.54, 1.807) is 0 Å². The fourth-order valence-corrected chi connectivity index (χ4v) is 1.98. The second-order valence-corrected chi connectivity index (χ2v) is 5.84. The quantitative estimate of drug-likeness (QED) is 0.556. The highest BCUT2D eigenvalue weighted by atomic mass is 32.1. The number of rotatable bonds is 3. The first-order chi connectivity index (χ1) is 7.83. The van der Waals surface area contributed by atoms with Crippen LogP contribution < -0.4 is 0 Å². The van der Waals surface area contributed by atoms with Crippen molar-refractivity contribution in [3.63, 3.8) is 0 Å². The molecule has 0 spiro atoms. The third-order valence-electron chi connectivity index (χ3n) is 3.35. The van der Waals surface area contributed by atoms with Crippen LogP contribution >= 0.6 is 12.2 Å². The molecule has 0 heterocycles. The fourth-order valence-electron chi connectivity index (χ4n) is 1.78. The van der Waals surface area contributed by atoms with E-state index < -0.39 is 0 Å². The van der Waals surface area contributed by atoms with Gasteiger partial charge in [0.1, 0.15) is 0 Å². The van der Waals surface area contributed by atoms with Crippen LogP contribution in [0, 0.1) is 0 Å². The normalized spacial score (nSPS) is 14.9. The van der Waals surface area contributed by atoms with Crippen LogP contribution in [-0.2, 0) is 11.0 Å². The largest absolute Gasteiger partial charge is 0.221 e. The van der Waals surface area contributed by atoms with Crippen molar-refractivity contribution in [2.45, 2.75) is 52.0 Å². The number of isothiocyanates is 1. The zero-order valence-electron chi connectivity index (χ0n) is 11.4. The lowest BCUT2D eigenvalue weighted by atomic mass is 9.83. The minimum absolute atomic E-state index is 0.189. The van der Waals surface area contributed by atoms with E-state index in [0.29, 0.717) is 0 Å². The molecule has 0 bridgehead atoms. The summed E-state index contributed by atoms with van der Waals surface area (Å²) in [4.78, 5) is 4.30. The van der Waals surface area contributed by atoms with Crippen LogP contribution in [0.3, 0.4) is 0 Å². The minimum atomic E-state index is -0.238. The third-order valence-corrected chi connectivity index (χ3v) is 3.44. The van der Waals surface area contributed by atoms with Crippen LogP contribution in [0.2, 0.25) is 0 Å². The molecule has 0 amide bonds. The van der Waals surface area contributed by atoms with Crippen LogP contribution in [-0.4, -0.2) is 5.16 Å². The van der Waals surface area contributed by atoms with Gasteiger partial charge in [-0.2, -0.15) is 0 Å². The molecule has 1 aromatic carbocycles. The first-order valence-corrected chi connectivity index (χ1v) is 6.44. The molecule has 0 saturated heterocycles. The number of aliphatic imine (C=N–C) groups is 1. The Kier molecular flexibility index (Phi) is 4.24. The van der Waals surface area contributed by atoms with Crippen molar-refractivity contribution in [3.05, 3.63) is 35.4 Å². The number of hydrogen-bond donors (Lipinski definition) is 0. The summed E-state index contributed by atoms with van der Waals surface area (Å²) < 4.78 is 0. The highest BCUT2D eigenvalue weighted by Crippen LogP contribution is 2.30. The molecule has 2 heteroatoms. The van der Waals surface area contributed by atoms with Crippen molar-refractivity contribution >= 4 is 17.4 Å². The smallest absolute Gasteiger partial charge is 0.0928 e. The highest BCUT2D eigenvalue weighted by molar-refractivity contribution is 7.78. The first-order valence-electron chi connectivity index (χ1n) is 6.03. The maximum atomic E-state index is 4.73. The monoisotopic (exact) mass is 247 g/mol. The standard InChI is InChI=1S/C15H21NS/c1-6-15(5,16-11-17)13-9-7-12(8-10-13)14(2,3)4/h7-10H,6H2,1-5H3. The molecule has 1 atom stereocenters. The zero-order valence-corrected chi connectivity index (χ0v) is 12.2.